The maximum absolute atomic E-state index is 11.8. The van der Waals surface area contributed by atoms with E-state index >= 15 is 0 Å². The van der Waals surface area contributed by atoms with Gasteiger partial charge in [0.05, 0.1) is 5.39 Å². The third kappa shape index (κ3) is 3.54. The van der Waals surface area contributed by atoms with Crippen LogP contribution in [-0.2, 0) is 4.79 Å². The standard InChI is InChI=1S/C18H26N4O/c1-3-4-15(23)11-13-5-7-14(8-6-13)22(2)18-16-9-10-19-17(16)20-12-21-18/h9-10,12-14H,3-8,11H2,1-2H3,(H,19,20,21). The predicted molar refractivity (Wildman–Crippen MR) is 92.6 cm³/mol. The summed E-state index contributed by atoms with van der Waals surface area (Å²) < 4.78 is 0. The van der Waals surface area contributed by atoms with Crippen LogP contribution in [0.15, 0.2) is 18.6 Å². The Kier molecular flexibility index (Phi) is 4.94. The zero-order chi connectivity index (χ0) is 16.2. The molecule has 23 heavy (non-hydrogen) atoms. The number of nitrogens with one attached hydrogen (secondary N) is 1. The van der Waals surface area contributed by atoms with Crippen molar-refractivity contribution in [2.24, 2.45) is 5.92 Å². The van der Waals surface area contributed by atoms with Crippen molar-refractivity contribution < 1.29 is 4.79 Å². The van der Waals surface area contributed by atoms with E-state index in [1.165, 1.54) is 0 Å². The minimum atomic E-state index is 0.439. The van der Waals surface area contributed by atoms with E-state index in [1.807, 2.05) is 12.3 Å². The van der Waals surface area contributed by atoms with Crippen LogP contribution in [0.1, 0.15) is 51.9 Å². The molecule has 124 valence electrons. The fourth-order valence-corrected chi connectivity index (χ4v) is 3.75. The summed E-state index contributed by atoms with van der Waals surface area (Å²) in [7, 11) is 2.13. The van der Waals surface area contributed by atoms with Crippen molar-refractivity contribution in [1.29, 1.82) is 0 Å². The highest BCUT2D eigenvalue weighted by molar-refractivity contribution is 5.87. The van der Waals surface area contributed by atoms with E-state index < -0.39 is 0 Å². The number of rotatable bonds is 6. The molecule has 0 amide bonds. The van der Waals surface area contributed by atoms with Gasteiger partial charge in [0.1, 0.15) is 23.6 Å². The maximum atomic E-state index is 11.8. The van der Waals surface area contributed by atoms with Gasteiger partial charge in [-0.3, -0.25) is 4.79 Å². The van der Waals surface area contributed by atoms with Gasteiger partial charge in [-0.2, -0.15) is 0 Å². The van der Waals surface area contributed by atoms with Crippen LogP contribution in [0.2, 0.25) is 0 Å². The summed E-state index contributed by atoms with van der Waals surface area (Å²) in [5.74, 6) is 2.02. The Morgan fingerprint density at radius 3 is 2.83 bits per heavy atom. The van der Waals surface area contributed by atoms with Crippen LogP contribution < -0.4 is 4.90 Å². The van der Waals surface area contributed by atoms with Crippen LogP contribution in [0.25, 0.3) is 11.0 Å². The van der Waals surface area contributed by atoms with E-state index in [0.29, 0.717) is 17.7 Å². The lowest BCUT2D eigenvalue weighted by Crippen LogP contribution is -2.36. The van der Waals surface area contributed by atoms with Crippen LogP contribution in [0.5, 0.6) is 0 Å². The van der Waals surface area contributed by atoms with Gasteiger partial charge >= 0.3 is 0 Å². The molecule has 2 aromatic rings. The van der Waals surface area contributed by atoms with Crippen molar-refractivity contribution >= 4 is 22.6 Å². The zero-order valence-corrected chi connectivity index (χ0v) is 14.1. The molecule has 0 atom stereocenters. The van der Waals surface area contributed by atoms with Gasteiger partial charge in [0.15, 0.2) is 0 Å². The molecule has 3 rings (SSSR count). The average Bonchev–Trinajstić information content (AvgIpc) is 3.03. The highest BCUT2D eigenvalue weighted by atomic mass is 16.1. The molecule has 0 saturated heterocycles. The van der Waals surface area contributed by atoms with Crippen molar-refractivity contribution in [2.75, 3.05) is 11.9 Å². The molecule has 0 unspecified atom stereocenters. The SMILES string of the molecule is CCCC(=O)CC1CCC(N(C)c2ncnc3[nH]ccc23)CC1. The van der Waals surface area contributed by atoms with Gasteiger partial charge in [-0.25, -0.2) is 9.97 Å². The molecule has 2 aromatic heterocycles. The van der Waals surface area contributed by atoms with Gasteiger partial charge in [-0.15, -0.1) is 0 Å². The van der Waals surface area contributed by atoms with E-state index in [2.05, 4.69) is 33.8 Å². The first kappa shape index (κ1) is 16.0. The summed E-state index contributed by atoms with van der Waals surface area (Å²) >= 11 is 0. The minimum absolute atomic E-state index is 0.439. The second kappa shape index (κ2) is 7.11. The van der Waals surface area contributed by atoms with Gasteiger partial charge < -0.3 is 9.88 Å². The van der Waals surface area contributed by atoms with Gasteiger partial charge in [-0.05, 0) is 44.1 Å². The lowest BCUT2D eigenvalue weighted by Gasteiger charge is -2.35. The second-order valence-electron chi connectivity index (χ2n) is 6.72. The summed E-state index contributed by atoms with van der Waals surface area (Å²) in [6, 6.07) is 2.54. The molecule has 1 aliphatic rings. The van der Waals surface area contributed by atoms with E-state index in [-0.39, 0.29) is 0 Å². The van der Waals surface area contributed by atoms with Crippen molar-refractivity contribution in [2.45, 2.75) is 57.9 Å². The molecule has 1 N–H and O–H groups in total. The Labute approximate surface area is 137 Å². The average molecular weight is 314 g/mol. The van der Waals surface area contributed by atoms with Gasteiger partial charge in [0.2, 0.25) is 0 Å². The lowest BCUT2D eigenvalue weighted by atomic mass is 9.82. The van der Waals surface area contributed by atoms with Crippen molar-refractivity contribution in [3.63, 3.8) is 0 Å². The molecule has 1 saturated carbocycles. The minimum Gasteiger partial charge on any atom is -0.356 e. The molecule has 0 radical (unpaired) electrons. The molecule has 1 aliphatic carbocycles. The summed E-state index contributed by atoms with van der Waals surface area (Å²) in [6.07, 6.45) is 10.6. The first-order chi connectivity index (χ1) is 11.2. The fraction of sp³-hybridized carbons (Fsp3) is 0.611. The Hall–Kier alpha value is -1.91. The molecule has 2 heterocycles. The van der Waals surface area contributed by atoms with Crippen molar-refractivity contribution in [3.05, 3.63) is 18.6 Å². The summed E-state index contributed by atoms with van der Waals surface area (Å²) in [6.45, 7) is 2.08. The summed E-state index contributed by atoms with van der Waals surface area (Å²) in [5.41, 5.74) is 0.890. The van der Waals surface area contributed by atoms with Crippen LogP contribution >= 0.6 is 0 Å². The number of fused-ring (bicyclic) bond motifs is 1. The van der Waals surface area contributed by atoms with Gasteiger partial charge in [-0.1, -0.05) is 6.92 Å². The predicted octanol–water partition coefficient (Wildman–Crippen LogP) is 3.71. The quantitative estimate of drug-likeness (QED) is 0.883. The Balaban J connectivity index is 1.61. The molecule has 1 fully saturated rings. The first-order valence-electron chi connectivity index (χ1n) is 8.71. The van der Waals surface area contributed by atoms with Crippen LogP contribution in [0, 0.1) is 5.92 Å². The van der Waals surface area contributed by atoms with Crippen LogP contribution in [0.3, 0.4) is 0 Å². The Bertz CT molecular complexity index is 658. The van der Waals surface area contributed by atoms with Crippen LogP contribution in [0.4, 0.5) is 5.82 Å². The molecule has 0 bridgehead atoms. The summed E-state index contributed by atoms with van der Waals surface area (Å²) in [4.78, 5) is 26.0. The number of hydrogen-bond donors (Lipinski definition) is 1. The number of ketones is 1. The lowest BCUT2D eigenvalue weighted by molar-refractivity contribution is -0.120. The Morgan fingerprint density at radius 2 is 2.09 bits per heavy atom. The van der Waals surface area contributed by atoms with Crippen LogP contribution in [-0.4, -0.2) is 33.8 Å². The Morgan fingerprint density at radius 1 is 1.30 bits per heavy atom. The normalized spacial score (nSPS) is 21.5. The smallest absolute Gasteiger partial charge is 0.142 e. The van der Waals surface area contributed by atoms with Gasteiger partial charge in [0.25, 0.3) is 0 Å². The molecule has 5 heteroatoms. The van der Waals surface area contributed by atoms with Crippen molar-refractivity contribution in [1.82, 2.24) is 15.0 Å². The van der Waals surface area contributed by atoms with Crippen molar-refractivity contribution in [3.8, 4) is 0 Å². The number of carbonyl (C=O) groups excluding carboxylic acids is 1. The molecular weight excluding hydrogens is 288 g/mol. The third-order valence-electron chi connectivity index (χ3n) is 5.08. The third-order valence-corrected chi connectivity index (χ3v) is 5.08. The molecule has 5 nitrogen and oxygen atoms in total. The van der Waals surface area contributed by atoms with Gasteiger partial charge in [0, 0.05) is 32.1 Å². The molecular formula is C18H26N4O. The number of Topliss-reactive ketones (excluding diaryl/α,β-unsaturated/α-hetero) is 1. The maximum Gasteiger partial charge on any atom is 0.142 e. The summed E-state index contributed by atoms with van der Waals surface area (Å²) in [5, 5.41) is 1.08. The second-order valence-corrected chi connectivity index (χ2v) is 6.72. The zero-order valence-electron chi connectivity index (χ0n) is 14.1. The first-order valence-corrected chi connectivity index (χ1v) is 8.71. The highest BCUT2D eigenvalue weighted by Gasteiger charge is 2.26. The highest BCUT2D eigenvalue weighted by Crippen LogP contribution is 2.33. The topological polar surface area (TPSA) is 61.9 Å². The monoisotopic (exact) mass is 314 g/mol. The number of anilines is 1. The number of aromatic nitrogens is 3. The van der Waals surface area contributed by atoms with E-state index in [4.69, 9.17) is 0 Å². The number of H-pyrrole nitrogens is 1. The van der Waals surface area contributed by atoms with E-state index in [9.17, 15) is 4.79 Å². The number of nitrogens with zero attached hydrogens (tertiary/aromatic N) is 3. The molecule has 0 aliphatic heterocycles. The largest absolute Gasteiger partial charge is 0.356 e. The number of hydrogen-bond acceptors (Lipinski definition) is 4. The molecule has 0 spiro atoms. The number of carbonyl (C=O) groups is 1. The number of aromatic amines is 1. The van der Waals surface area contributed by atoms with E-state index in [0.717, 1.165) is 61.8 Å². The fourth-order valence-electron chi connectivity index (χ4n) is 3.75. The van der Waals surface area contributed by atoms with E-state index in [1.54, 1.807) is 6.33 Å². The molecule has 0 aromatic carbocycles.